The molecular weight excluding hydrogens is 252 g/mol. The lowest BCUT2D eigenvalue weighted by Gasteiger charge is -2.40. The molecule has 3 unspecified atom stereocenters. The van der Waals surface area contributed by atoms with Crippen LogP contribution >= 0.6 is 0 Å². The minimum absolute atomic E-state index is 0.137. The summed E-state index contributed by atoms with van der Waals surface area (Å²) in [5.74, 6) is 0.712. The Bertz CT molecular complexity index is 341. The highest BCUT2D eigenvalue weighted by Crippen LogP contribution is 2.35. The normalized spacial score (nSPS) is 35.6. The molecule has 2 heterocycles. The van der Waals surface area contributed by atoms with Gasteiger partial charge in [-0.3, -0.25) is 9.69 Å². The van der Waals surface area contributed by atoms with Gasteiger partial charge in [0.15, 0.2) is 0 Å². The molecule has 0 bridgehead atoms. The van der Waals surface area contributed by atoms with E-state index in [2.05, 4.69) is 4.90 Å². The number of carbonyl (C=O) groups is 1. The molecule has 1 saturated carbocycles. The second-order valence-electron chi connectivity index (χ2n) is 6.78. The van der Waals surface area contributed by atoms with Gasteiger partial charge >= 0.3 is 0 Å². The zero-order valence-electron chi connectivity index (χ0n) is 12.5. The lowest BCUT2D eigenvalue weighted by Crippen LogP contribution is -2.50. The molecule has 3 atom stereocenters. The van der Waals surface area contributed by atoms with Gasteiger partial charge in [-0.05, 0) is 45.1 Å². The van der Waals surface area contributed by atoms with Crippen molar-refractivity contribution < 1.29 is 9.90 Å². The maximum absolute atomic E-state index is 12.4. The van der Waals surface area contributed by atoms with Crippen LogP contribution in [0.4, 0.5) is 0 Å². The molecule has 2 aliphatic heterocycles. The van der Waals surface area contributed by atoms with Crippen LogP contribution in [0, 0.1) is 5.92 Å². The fourth-order valence-corrected chi connectivity index (χ4v) is 4.36. The Morgan fingerprint density at radius 1 is 0.950 bits per heavy atom. The molecule has 3 fully saturated rings. The fourth-order valence-electron chi connectivity index (χ4n) is 4.36. The third-order valence-corrected chi connectivity index (χ3v) is 5.49. The highest BCUT2D eigenvalue weighted by Gasteiger charge is 2.37. The van der Waals surface area contributed by atoms with E-state index in [0.717, 1.165) is 58.2 Å². The van der Waals surface area contributed by atoms with Crippen molar-refractivity contribution in [3.63, 3.8) is 0 Å². The predicted molar refractivity (Wildman–Crippen MR) is 78.4 cm³/mol. The fraction of sp³-hybridized carbons (Fsp3) is 0.938. The summed E-state index contributed by atoms with van der Waals surface area (Å²) in [5, 5.41) is 10.2. The molecule has 3 aliphatic rings. The Morgan fingerprint density at radius 3 is 2.40 bits per heavy atom. The van der Waals surface area contributed by atoms with Gasteiger partial charge in [-0.1, -0.05) is 12.8 Å². The van der Waals surface area contributed by atoms with Gasteiger partial charge in [0.25, 0.3) is 0 Å². The van der Waals surface area contributed by atoms with E-state index < -0.39 is 0 Å². The number of aliphatic hydroxyl groups excluding tert-OH is 1. The molecule has 4 heteroatoms. The molecule has 20 heavy (non-hydrogen) atoms. The molecule has 0 aromatic carbocycles. The maximum atomic E-state index is 12.4. The second-order valence-corrected chi connectivity index (χ2v) is 6.78. The number of hydrogen-bond acceptors (Lipinski definition) is 3. The summed E-state index contributed by atoms with van der Waals surface area (Å²) < 4.78 is 0. The Balaban J connectivity index is 1.61. The molecule has 3 rings (SSSR count). The van der Waals surface area contributed by atoms with E-state index in [1.165, 1.54) is 12.8 Å². The summed E-state index contributed by atoms with van der Waals surface area (Å²) in [4.78, 5) is 16.8. The summed E-state index contributed by atoms with van der Waals surface area (Å²) in [7, 11) is 0. The minimum atomic E-state index is -0.137. The van der Waals surface area contributed by atoms with Crippen LogP contribution in [-0.4, -0.2) is 59.1 Å². The molecule has 0 aromatic heterocycles. The average Bonchev–Trinajstić information content (AvgIpc) is 3.10. The first-order chi connectivity index (χ1) is 9.75. The van der Waals surface area contributed by atoms with Crippen molar-refractivity contribution in [2.45, 2.75) is 63.5 Å². The van der Waals surface area contributed by atoms with E-state index in [1.54, 1.807) is 0 Å². The first kappa shape index (κ1) is 14.3. The third-order valence-electron chi connectivity index (χ3n) is 5.49. The van der Waals surface area contributed by atoms with Crippen LogP contribution in [0.1, 0.15) is 51.4 Å². The molecule has 1 amide bonds. The van der Waals surface area contributed by atoms with Crippen LogP contribution in [0.3, 0.4) is 0 Å². The van der Waals surface area contributed by atoms with Gasteiger partial charge in [-0.25, -0.2) is 0 Å². The van der Waals surface area contributed by atoms with Crippen molar-refractivity contribution in [3.05, 3.63) is 0 Å². The average molecular weight is 280 g/mol. The van der Waals surface area contributed by atoms with Crippen LogP contribution in [0.15, 0.2) is 0 Å². The molecule has 0 radical (unpaired) electrons. The van der Waals surface area contributed by atoms with Gasteiger partial charge in [0.05, 0.1) is 12.6 Å². The van der Waals surface area contributed by atoms with Crippen molar-refractivity contribution in [2.24, 2.45) is 5.92 Å². The van der Waals surface area contributed by atoms with Crippen LogP contribution in [0.25, 0.3) is 0 Å². The van der Waals surface area contributed by atoms with E-state index in [1.807, 2.05) is 4.90 Å². The number of likely N-dealkylation sites (tertiary alicyclic amines) is 2. The van der Waals surface area contributed by atoms with E-state index in [0.29, 0.717) is 24.4 Å². The standard InChI is InChI=1S/C16H28N2O2/c19-15-8-5-6-13(15)14-7-1-2-11-18(14)12-16(20)17-9-3-4-10-17/h13-15,19H,1-12H2. The number of rotatable bonds is 3. The first-order valence-electron chi connectivity index (χ1n) is 8.45. The minimum Gasteiger partial charge on any atom is -0.393 e. The molecule has 4 nitrogen and oxygen atoms in total. The molecule has 1 aliphatic carbocycles. The second kappa shape index (κ2) is 6.44. The van der Waals surface area contributed by atoms with E-state index in [-0.39, 0.29) is 6.10 Å². The summed E-state index contributed by atoms with van der Waals surface area (Å²) in [5.41, 5.74) is 0. The molecule has 1 N–H and O–H groups in total. The third kappa shape index (κ3) is 3.01. The predicted octanol–water partition coefficient (Wildman–Crippen LogP) is 1.62. The number of aliphatic hydroxyl groups is 1. The highest BCUT2D eigenvalue weighted by atomic mass is 16.3. The number of carbonyl (C=O) groups excluding carboxylic acids is 1. The SMILES string of the molecule is O=C(CN1CCCCC1C1CCCC1O)N1CCCC1. The van der Waals surface area contributed by atoms with Gasteiger partial charge in [-0.2, -0.15) is 0 Å². The zero-order valence-corrected chi connectivity index (χ0v) is 12.5. The van der Waals surface area contributed by atoms with Crippen LogP contribution in [0.5, 0.6) is 0 Å². The maximum Gasteiger partial charge on any atom is 0.236 e. The molecular formula is C16H28N2O2. The van der Waals surface area contributed by atoms with Crippen molar-refractivity contribution in [2.75, 3.05) is 26.2 Å². The van der Waals surface area contributed by atoms with E-state index in [9.17, 15) is 9.90 Å². The highest BCUT2D eigenvalue weighted by molar-refractivity contribution is 5.78. The van der Waals surface area contributed by atoms with E-state index >= 15 is 0 Å². The van der Waals surface area contributed by atoms with Crippen LogP contribution in [0.2, 0.25) is 0 Å². The van der Waals surface area contributed by atoms with Gasteiger partial charge in [0.1, 0.15) is 0 Å². The number of amides is 1. The monoisotopic (exact) mass is 280 g/mol. The zero-order chi connectivity index (χ0) is 13.9. The molecule has 114 valence electrons. The Morgan fingerprint density at radius 2 is 1.70 bits per heavy atom. The molecule has 0 aromatic rings. The number of nitrogens with zero attached hydrogens (tertiary/aromatic N) is 2. The smallest absolute Gasteiger partial charge is 0.236 e. The van der Waals surface area contributed by atoms with E-state index in [4.69, 9.17) is 0 Å². The van der Waals surface area contributed by atoms with Crippen molar-refractivity contribution in [1.82, 2.24) is 9.80 Å². The lowest BCUT2D eigenvalue weighted by molar-refractivity contribution is -0.133. The quantitative estimate of drug-likeness (QED) is 0.854. The lowest BCUT2D eigenvalue weighted by atomic mass is 9.87. The van der Waals surface area contributed by atoms with Crippen molar-refractivity contribution >= 4 is 5.91 Å². The Labute approximate surface area is 122 Å². The number of piperidine rings is 1. The largest absolute Gasteiger partial charge is 0.393 e. The Hall–Kier alpha value is -0.610. The Kier molecular flexibility index (Phi) is 4.61. The summed E-state index contributed by atoms with van der Waals surface area (Å²) in [6.45, 7) is 3.51. The topological polar surface area (TPSA) is 43.8 Å². The summed E-state index contributed by atoms with van der Waals surface area (Å²) >= 11 is 0. The number of hydrogen-bond donors (Lipinski definition) is 1. The molecule has 2 saturated heterocycles. The summed E-state index contributed by atoms with van der Waals surface area (Å²) in [6.07, 6.45) is 9.05. The van der Waals surface area contributed by atoms with Gasteiger partial charge in [-0.15, -0.1) is 0 Å². The van der Waals surface area contributed by atoms with Crippen molar-refractivity contribution in [1.29, 1.82) is 0 Å². The van der Waals surface area contributed by atoms with Gasteiger partial charge < -0.3 is 10.0 Å². The van der Waals surface area contributed by atoms with Crippen LogP contribution in [-0.2, 0) is 4.79 Å². The summed E-state index contributed by atoms with van der Waals surface area (Å²) in [6, 6.07) is 0.438. The first-order valence-corrected chi connectivity index (χ1v) is 8.45. The van der Waals surface area contributed by atoms with Crippen LogP contribution < -0.4 is 0 Å². The van der Waals surface area contributed by atoms with Gasteiger partial charge in [0.2, 0.25) is 5.91 Å². The van der Waals surface area contributed by atoms with Gasteiger partial charge in [0, 0.05) is 25.0 Å². The molecule has 0 spiro atoms. The van der Waals surface area contributed by atoms with Crippen molar-refractivity contribution in [3.8, 4) is 0 Å².